The average molecular weight is 271 g/mol. The molecular formula is C10H13N3O6. The number of amides is 1. The van der Waals surface area contributed by atoms with Gasteiger partial charge < -0.3 is 15.5 Å². The van der Waals surface area contributed by atoms with Gasteiger partial charge in [-0.1, -0.05) is 0 Å². The van der Waals surface area contributed by atoms with Gasteiger partial charge >= 0.3 is 11.7 Å². The Bertz CT molecular complexity index is 587. The molecule has 2 unspecified atom stereocenters. The summed E-state index contributed by atoms with van der Waals surface area (Å²) < 4.78 is 0.900. The van der Waals surface area contributed by atoms with Crippen molar-refractivity contribution in [3.63, 3.8) is 0 Å². The number of carbonyl (C=O) groups excluding carboxylic acids is 1. The van der Waals surface area contributed by atoms with E-state index in [1.54, 1.807) is 0 Å². The molecule has 4 N–H and O–H groups in total. The Morgan fingerprint density at radius 2 is 2.11 bits per heavy atom. The van der Waals surface area contributed by atoms with Crippen LogP contribution in [0.4, 0.5) is 0 Å². The fraction of sp³-hybridized carbons (Fsp3) is 0.400. The van der Waals surface area contributed by atoms with Crippen LogP contribution in [0.3, 0.4) is 0 Å². The van der Waals surface area contributed by atoms with Crippen LogP contribution in [0.2, 0.25) is 0 Å². The third kappa shape index (κ3) is 4.07. The summed E-state index contributed by atoms with van der Waals surface area (Å²) in [4.78, 5) is 46.3. The van der Waals surface area contributed by atoms with Gasteiger partial charge in [-0.15, -0.1) is 0 Å². The van der Waals surface area contributed by atoms with Crippen molar-refractivity contribution in [1.29, 1.82) is 0 Å². The maximum atomic E-state index is 11.5. The number of H-pyrrole nitrogens is 1. The van der Waals surface area contributed by atoms with Crippen LogP contribution in [0, 0.1) is 0 Å². The molecule has 0 saturated heterocycles. The first-order chi connectivity index (χ1) is 8.81. The van der Waals surface area contributed by atoms with Crippen molar-refractivity contribution in [2.45, 2.75) is 25.6 Å². The number of aromatic nitrogens is 2. The number of hydrogen-bond acceptors (Lipinski definition) is 5. The minimum Gasteiger partial charge on any atom is -0.480 e. The van der Waals surface area contributed by atoms with E-state index in [0.717, 1.165) is 16.8 Å². The van der Waals surface area contributed by atoms with Crippen molar-refractivity contribution in [3.05, 3.63) is 33.1 Å². The highest BCUT2D eigenvalue weighted by Gasteiger charge is 2.24. The topological polar surface area (TPSA) is 141 Å². The van der Waals surface area contributed by atoms with Crippen molar-refractivity contribution < 1.29 is 19.8 Å². The summed E-state index contributed by atoms with van der Waals surface area (Å²) in [6.45, 7) is 0.747. The zero-order chi connectivity index (χ0) is 14.6. The van der Waals surface area contributed by atoms with Crippen LogP contribution in [-0.4, -0.2) is 43.8 Å². The fourth-order valence-corrected chi connectivity index (χ4v) is 1.33. The zero-order valence-corrected chi connectivity index (χ0v) is 9.99. The molecule has 0 saturated carbocycles. The second kappa shape index (κ2) is 5.96. The molecule has 0 fully saturated rings. The number of carboxylic acid groups (broad SMARTS) is 1. The number of aliphatic hydroxyl groups excluding tert-OH is 1. The molecule has 1 aromatic rings. The molecule has 1 amide bonds. The average Bonchev–Trinajstić information content (AvgIpc) is 2.29. The maximum Gasteiger partial charge on any atom is 0.328 e. The van der Waals surface area contributed by atoms with Gasteiger partial charge in [-0.3, -0.25) is 19.1 Å². The van der Waals surface area contributed by atoms with Gasteiger partial charge in [0.15, 0.2) is 6.04 Å². The van der Waals surface area contributed by atoms with Gasteiger partial charge in [0.1, 0.15) is 6.54 Å². The third-order valence-electron chi connectivity index (χ3n) is 2.28. The van der Waals surface area contributed by atoms with E-state index >= 15 is 0 Å². The van der Waals surface area contributed by atoms with E-state index in [2.05, 4.69) is 5.32 Å². The van der Waals surface area contributed by atoms with Crippen LogP contribution in [0.1, 0.15) is 6.92 Å². The second-order valence-corrected chi connectivity index (χ2v) is 3.86. The second-order valence-electron chi connectivity index (χ2n) is 3.86. The molecule has 1 aromatic heterocycles. The van der Waals surface area contributed by atoms with Gasteiger partial charge in [-0.2, -0.15) is 0 Å². The number of nitrogens with one attached hydrogen (secondary N) is 2. The lowest BCUT2D eigenvalue weighted by Crippen LogP contribution is -2.49. The molecule has 0 bridgehead atoms. The van der Waals surface area contributed by atoms with E-state index in [9.17, 15) is 24.3 Å². The first-order valence-corrected chi connectivity index (χ1v) is 5.31. The summed E-state index contributed by atoms with van der Waals surface area (Å²) in [7, 11) is 0. The van der Waals surface area contributed by atoms with Gasteiger partial charge in [-0.25, -0.2) is 9.59 Å². The molecule has 2 atom stereocenters. The number of carboxylic acids is 1. The van der Waals surface area contributed by atoms with Crippen LogP contribution in [0.15, 0.2) is 21.9 Å². The molecule has 0 aromatic carbocycles. The molecule has 9 nitrogen and oxygen atoms in total. The highest BCUT2D eigenvalue weighted by Crippen LogP contribution is 1.93. The first-order valence-electron chi connectivity index (χ1n) is 5.31. The summed E-state index contributed by atoms with van der Waals surface area (Å²) in [5, 5.41) is 20.0. The Labute approximate surface area is 106 Å². The Morgan fingerprint density at radius 3 is 2.58 bits per heavy atom. The Hall–Kier alpha value is -2.42. The standard InChI is InChI=1S/C10H13N3O6/c1-5(14)8(9(17)18)11-7(16)4-13-3-2-6(15)12-10(13)19/h2-3,5,8,14H,4H2,1H3,(H,11,16)(H,17,18)(H,12,15,19). The number of aliphatic carboxylic acids is 1. The summed E-state index contributed by atoms with van der Waals surface area (Å²) in [6, 6.07) is -0.413. The first kappa shape index (κ1) is 14.6. The van der Waals surface area contributed by atoms with E-state index in [1.807, 2.05) is 4.98 Å². The van der Waals surface area contributed by atoms with Gasteiger partial charge in [0.05, 0.1) is 6.10 Å². The van der Waals surface area contributed by atoms with E-state index in [0.29, 0.717) is 0 Å². The molecule has 0 aliphatic heterocycles. The van der Waals surface area contributed by atoms with E-state index < -0.39 is 41.8 Å². The monoisotopic (exact) mass is 271 g/mol. The highest BCUT2D eigenvalue weighted by molar-refractivity contribution is 5.83. The van der Waals surface area contributed by atoms with Crippen LogP contribution in [0.5, 0.6) is 0 Å². The summed E-state index contributed by atoms with van der Waals surface area (Å²) >= 11 is 0. The lowest BCUT2D eigenvalue weighted by molar-refractivity contribution is -0.144. The normalized spacial score (nSPS) is 13.6. The number of nitrogens with zero attached hydrogens (tertiary/aromatic N) is 1. The largest absolute Gasteiger partial charge is 0.480 e. The maximum absolute atomic E-state index is 11.5. The molecule has 19 heavy (non-hydrogen) atoms. The van der Waals surface area contributed by atoms with Crippen molar-refractivity contribution in [1.82, 2.24) is 14.9 Å². The van der Waals surface area contributed by atoms with Gasteiger partial charge in [0.2, 0.25) is 5.91 Å². The van der Waals surface area contributed by atoms with Crippen molar-refractivity contribution in [2.24, 2.45) is 0 Å². The smallest absolute Gasteiger partial charge is 0.328 e. The van der Waals surface area contributed by atoms with Gasteiger partial charge in [0, 0.05) is 12.3 Å². The van der Waals surface area contributed by atoms with Crippen LogP contribution in [0.25, 0.3) is 0 Å². The number of hydrogen-bond donors (Lipinski definition) is 4. The van der Waals surface area contributed by atoms with E-state index in [4.69, 9.17) is 5.11 Å². The molecule has 0 radical (unpaired) electrons. The van der Waals surface area contributed by atoms with Crippen molar-refractivity contribution in [3.8, 4) is 0 Å². The summed E-state index contributed by atoms with van der Waals surface area (Å²) in [6.07, 6.45) is -0.174. The van der Waals surface area contributed by atoms with Crippen LogP contribution >= 0.6 is 0 Å². The van der Waals surface area contributed by atoms with Crippen molar-refractivity contribution >= 4 is 11.9 Å². The van der Waals surface area contributed by atoms with Gasteiger partial charge in [-0.05, 0) is 6.92 Å². The Morgan fingerprint density at radius 1 is 1.47 bits per heavy atom. The zero-order valence-electron chi connectivity index (χ0n) is 9.99. The van der Waals surface area contributed by atoms with E-state index in [-0.39, 0.29) is 0 Å². The van der Waals surface area contributed by atoms with Crippen LogP contribution in [-0.2, 0) is 16.1 Å². The predicted octanol–water partition coefficient (Wildman–Crippen LogP) is -2.51. The SMILES string of the molecule is CC(O)C(NC(=O)Cn1ccc(=O)[nH]c1=O)C(=O)O. The van der Waals surface area contributed by atoms with Gasteiger partial charge in [0.25, 0.3) is 5.56 Å². The molecule has 1 rings (SSSR count). The summed E-state index contributed by atoms with van der Waals surface area (Å²) in [5.41, 5.74) is -1.39. The molecule has 0 aliphatic carbocycles. The lowest BCUT2D eigenvalue weighted by atomic mass is 10.2. The van der Waals surface area contributed by atoms with Crippen LogP contribution < -0.4 is 16.6 Å². The number of aliphatic hydroxyl groups is 1. The lowest BCUT2D eigenvalue weighted by Gasteiger charge is -2.17. The molecule has 0 spiro atoms. The molecule has 9 heteroatoms. The fourth-order valence-electron chi connectivity index (χ4n) is 1.33. The van der Waals surface area contributed by atoms with E-state index in [1.165, 1.54) is 6.92 Å². The Balaban J connectivity index is 2.77. The molecule has 1 heterocycles. The van der Waals surface area contributed by atoms with Crippen molar-refractivity contribution in [2.75, 3.05) is 0 Å². The minimum atomic E-state index is -1.47. The predicted molar refractivity (Wildman–Crippen MR) is 62.6 cm³/mol. The Kier molecular flexibility index (Phi) is 4.59. The minimum absolute atomic E-state index is 0.466. The molecule has 104 valence electrons. The molecule has 0 aliphatic rings. The highest BCUT2D eigenvalue weighted by atomic mass is 16.4. The number of carbonyl (C=O) groups is 2. The quantitative estimate of drug-likeness (QED) is 0.466. The molecular weight excluding hydrogens is 258 g/mol. The third-order valence-corrected chi connectivity index (χ3v) is 2.28. The number of rotatable bonds is 5. The number of aromatic amines is 1. The summed E-state index contributed by atoms with van der Waals surface area (Å²) in [5.74, 6) is -2.17.